The quantitative estimate of drug-likeness (QED) is 0.0555. The predicted molar refractivity (Wildman–Crippen MR) is 360 cm³/mol. The molecule has 0 aromatic heterocycles. The maximum atomic E-state index is 15.3. The third-order valence-corrected chi connectivity index (χ3v) is 18.5. The normalized spacial score (nSPS) is 26.9. The zero-order valence-electron chi connectivity index (χ0n) is 59.3. The minimum atomic E-state index is -1.66. The van der Waals surface area contributed by atoms with Crippen molar-refractivity contribution in [3.05, 3.63) is 12.2 Å². The Morgan fingerprint density at radius 2 is 0.945 bits per heavy atom. The first-order chi connectivity index (χ1) is 42.0. The van der Waals surface area contributed by atoms with Crippen LogP contribution in [0.25, 0.3) is 0 Å². The van der Waals surface area contributed by atoms with Gasteiger partial charge in [0.05, 0.1) is 11.7 Å². The maximum absolute atomic E-state index is 15.3. The van der Waals surface area contributed by atoms with Crippen LogP contribution in [-0.2, 0) is 52.7 Å². The number of thiol groups is 1. The lowest BCUT2D eigenvalue weighted by molar-refractivity contribution is -0.157. The van der Waals surface area contributed by atoms with Crippen LogP contribution in [0.5, 0.6) is 0 Å². The Balaban J connectivity index is 4.53. The summed E-state index contributed by atoms with van der Waals surface area (Å²) in [6, 6.07) is -14.4. The highest BCUT2D eigenvalue weighted by Crippen LogP contribution is 2.27. The van der Waals surface area contributed by atoms with Gasteiger partial charge in [-0.25, -0.2) is 0 Å². The van der Waals surface area contributed by atoms with Gasteiger partial charge >= 0.3 is 0 Å². The molecule has 0 bridgehead atoms. The van der Waals surface area contributed by atoms with Crippen molar-refractivity contribution in [1.82, 2.24) is 55.6 Å². The summed E-state index contributed by atoms with van der Waals surface area (Å²) < 4.78 is 0. The first-order valence-corrected chi connectivity index (χ1v) is 34.0. The second-order valence-corrected chi connectivity index (χ2v) is 29.1. The van der Waals surface area contributed by atoms with Crippen LogP contribution in [0.2, 0.25) is 0 Å². The third kappa shape index (κ3) is 24.1. The minimum Gasteiger partial charge on any atom is -0.390 e. The van der Waals surface area contributed by atoms with Gasteiger partial charge in [0.15, 0.2) is 0 Å². The predicted octanol–water partition coefficient (Wildman–Crippen LogP) is 3.42. The highest BCUT2D eigenvalue weighted by Gasteiger charge is 2.47. The van der Waals surface area contributed by atoms with Gasteiger partial charge in [0, 0.05) is 67.3 Å². The van der Waals surface area contributed by atoms with Crippen molar-refractivity contribution >= 4 is 89.4 Å². The van der Waals surface area contributed by atoms with E-state index in [9.17, 15) is 39.0 Å². The number of hydrogen-bond acceptors (Lipinski definition) is 15. The van der Waals surface area contributed by atoms with E-state index < -0.39 is 161 Å². The number of thioether (sulfide) groups is 1. The maximum Gasteiger partial charge on any atom is 0.246 e. The molecule has 1 heterocycles. The first-order valence-electron chi connectivity index (χ1n) is 32.3. The Labute approximate surface area is 554 Å². The molecule has 522 valence electrons. The van der Waals surface area contributed by atoms with E-state index >= 15 is 24.0 Å². The standard InChI is InChI=1S/C65H117N11O13S2/c1-25-27-28-41(13)53(77)52-57(81)68-44(26-2)59(83)74(22)49(35-91-30-29-90)62(86)73(21)48(34-65(16,17)89)56(80)69-50(39(9)10)63(87)70(18)45(31-36(3)4)55(79)66-42(14)54(78)67-43(15)58(82)71(19)46(32-37(5)6)60(84)72(20)47(33-38(7)8)61(85)75(23)51(40(11)12)64(88)76(52)24/h25,27,36-53,77,89-90H,26,28-35H2,1-24H3,(H,66,79)(H,67,78)(H,68,81)(H,69,80)/b27-25+/t41-,42+,43-,44+,45+,46+,47+,48+,49-,50+,51+,52+,53-/m1/s1. The van der Waals surface area contributed by atoms with Gasteiger partial charge in [-0.05, 0) is 108 Å². The van der Waals surface area contributed by atoms with Crippen molar-refractivity contribution in [3.63, 3.8) is 0 Å². The highest BCUT2D eigenvalue weighted by molar-refractivity contribution is 8.00. The Morgan fingerprint density at radius 1 is 0.516 bits per heavy atom. The van der Waals surface area contributed by atoms with Gasteiger partial charge in [0.2, 0.25) is 65.0 Å². The summed E-state index contributed by atoms with van der Waals surface area (Å²) >= 11 is 5.66. The summed E-state index contributed by atoms with van der Waals surface area (Å²) in [6.45, 7) is 28.8. The number of allylic oxidation sites excluding steroid dienone is 2. The molecule has 1 fully saturated rings. The minimum absolute atomic E-state index is 0.0107. The molecule has 1 rings (SSSR count). The molecule has 0 unspecified atom stereocenters. The molecule has 6 N–H and O–H groups in total. The molecule has 24 nitrogen and oxygen atoms in total. The van der Waals surface area contributed by atoms with E-state index in [2.05, 4.69) is 33.9 Å². The zero-order valence-corrected chi connectivity index (χ0v) is 61.0. The Bertz CT molecular complexity index is 2490. The van der Waals surface area contributed by atoms with Crippen molar-refractivity contribution in [2.75, 3.05) is 66.6 Å². The molecule has 0 radical (unpaired) electrons. The number of carbonyl (C=O) groups is 11. The number of aliphatic hydroxyl groups excluding tert-OH is 1. The van der Waals surface area contributed by atoms with Crippen LogP contribution >= 0.6 is 24.4 Å². The first kappa shape index (κ1) is 83.5. The Hall–Kier alpha value is -5.47. The lowest BCUT2D eigenvalue weighted by Gasteiger charge is -2.41. The van der Waals surface area contributed by atoms with Gasteiger partial charge < -0.3 is 65.8 Å². The molecule has 1 aliphatic rings. The molecular formula is C65H117N11O13S2. The second-order valence-electron chi connectivity index (χ2n) is 27.5. The van der Waals surface area contributed by atoms with Crippen molar-refractivity contribution in [1.29, 1.82) is 0 Å². The molecule has 91 heavy (non-hydrogen) atoms. The van der Waals surface area contributed by atoms with Crippen LogP contribution < -0.4 is 21.3 Å². The lowest BCUT2D eigenvalue weighted by atomic mass is 9.91. The molecule has 11 amide bonds. The SMILES string of the molecule is C/C=C/C[C@@H](C)[C@@H](O)[C@H]1C(=O)N[C@@H](CC)C(=O)N(C)[C@H](CSCCS)C(=O)N(C)[C@@H](CC(C)(C)O)C(=O)N[C@@H](C(C)C)C(=O)N(C)[C@@H](CC(C)C)C(=O)N[C@@H](C)C(=O)N[C@H](C)C(=O)N(C)[C@@H](CC(C)C)C(=O)N(C)[C@@H](CC(C)C)C(=O)N(C)[C@@H](C(C)C)C(=O)N1C. The lowest BCUT2D eigenvalue weighted by Crippen LogP contribution is -2.64. The van der Waals surface area contributed by atoms with Crippen LogP contribution in [0.15, 0.2) is 12.2 Å². The van der Waals surface area contributed by atoms with E-state index in [1.165, 1.54) is 113 Å². The van der Waals surface area contributed by atoms with Crippen LogP contribution in [0, 0.1) is 35.5 Å². The van der Waals surface area contributed by atoms with E-state index in [0.29, 0.717) is 11.5 Å². The highest BCUT2D eigenvalue weighted by atomic mass is 32.2. The van der Waals surface area contributed by atoms with E-state index in [0.717, 1.165) is 9.80 Å². The van der Waals surface area contributed by atoms with E-state index in [1.54, 1.807) is 60.6 Å². The molecule has 0 saturated carbocycles. The fourth-order valence-corrected chi connectivity index (χ4v) is 12.5. The van der Waals surface area contributed by atoms with Crippen LogP contribution in [0.4, 0.5) is 0 Å². The number of likely N-dealkylation sites (N-methyl/N-ethyl adjacent to an activating group) is 7. The molecule has 13 atom stereocenters. The summed E-state index contributed by atoms with van der Waals surface area (Å²) in [5, 5.41) is 34.5. The molecule has 0 aromatic rings. The molecule has 0 aliphatic carbocycles. The van der Waals surface area contributed by atoms with Gasteiger partial charge in [-0.3, -0.25) is 52.7 Å². The van der Waals surface area contributed by atoms with Gasteiger partial charge in [0.1, 0.15) is 66.5 Å². The summed E-state index contributed by atoms with van der Waals surface area (Å²) in [7, 11) is 9.80. The number of hydrogen-bond donors (Lipinski definition) is 7. The largest absolute Gasteiger partial charge is 0.390 e. The Morgan fingerprint density at radius 3 is 1.41 bits per heavy atom. The average molecular weight is 1320 g/mol. The number of nitrogens with one attached hydrogen (secondary N) is 4. The number of amides is 11. The third-order valence-electron chi connectivity index (χ3n) is 16.9. The summed E-state index contributed by atoms with van der Waals surface area (Å²) in [6.07, 6.45) is 2.34. The van der Waals surface area contributed by atoms with Gasteiger partial charge in [-0.15, -0.1) is 0 Å². The van der Waals surface area contributed by atoms with Crippen molar-refractivity contribution in [2.45, 2.75) is 234 Å². The zero-order chi connectivity index (χ0) is 70.6. The number of nitrogens with zero attached hydrogens (tertiary/aromatic N) is 7. The summed E-state index contributed by atoms with van der Waals surface area (Å²) in [4.78, 5) is 171. The second kappa shape index (κ2) is 38.0. The van der Waals surface area contributed by atoms with Gasteiger partial charge in [0.25, 0.3) is 0 Å². The average Bonchev–Trinajstić information content (AvgIpc) is 0.830. The van der Waals surface area contributed by atoms with Crippen LogP contribution in [0.1, 0.15) is 156 Å². The van der Waals surface area contributed by atoms with Crippen molar-refractivity contribution in [2.24, 2.45) is 35.5 Å². The fraction of sp³-hybridized carbons (Fsp3) is 0.800. The van der Waals surface area contributed by atoms with Crippen LogP contribution in [-0.4, -0.2) is 254 Å². The Kier molecular flexibility index (Phi) is 34.9. The smallest absolute Gasteiger partial charge is 0.246 e. The molecule has 1 aliphatic heterocycles. The van der Waals surface area contributed by atoms with E-state index in [-0.39, 0.29) is 62.0 Å². The van der Waals surface area contributed by atoms with Crippen LogP contribution in [0.3, 0.4) is 0 Å². The monoisotopic (exact) mass is 1320 g/mol. The molecule has 26 heteroatoms. The van der Waals surface area contributed by atoms with Gasteiger partial charge in [-0.2, -0.15) is 24.4 Å². The summed E-state index contributed by atoms with van der Waals surface area (Å²) in [5.74, 6) is -9.50. The number of carbonyl (C=O) groups excluding carboxylic acids is 11. The molecule has 1 saturated heterocycles. The van der Waals surface area contributed by atoms with E-state index in [1.807, 2.05) is 41.5 Å². The van der Waals surface area contributed by atoms with E-state index in [4.69, 9.17) is 0 Å². The van der Waals surface area contributed by atoms with Crippen molar-refractivity contribution < 1.29 is 63.0 Å². The molecular weight excluding hydrogens is 1210 g/mol. The summed E-state index contributed by atoms with van der Waals surface area (Å²) in [5.41, 5.74) is -1.58. The number of aliphatic hydroxyl groups is 2. The molecule has 0 aromatic carbocycles. The molecule has 0 spiro atoms. The topological polar surface area (TPSA) is 299 Å². The van der Waals surface area contributed by atoms with Crippen molar-refractivity contribution in [3.8, 4) is 0 Å². The number of rotatable bonds is 19. The van der Waals surface area contributed by atoms with Gasteiger partial charge in [-0.1, -0.05) is 95.2 Å². The fourth-order valence-electron chi connectivity index (χ4n) is 11.2.